The molecule has 0 saturated heterocycles. The zero-order chi connectivity index (χ0) is 15.5. The van der Waals surface area contributed by atoms with E-state index in [1.807, 2.05) is 0 Å². The molecule has 0 unspecified atom stereocenters. The molecule has 1 aromatic rings. The van der Waals surface area contributed by atoms with Crippen LogP contribution >= 0.6 is 0 Å². The van der Waals surface area contributed by atoms with Gasteiger partial charge in [0.2, 0.25) is 0 Å². The molecule has 0 aromatic heterocycles. The molecule has 1 rings (SSSR count). The standard InChI is InChI=1S/C14H19FN2O3/c1-14(2,3)17(7-6-12(18)19)13(20)10-8-9(15)4-5-11(10)16/h4-5,8H,6-7,16H2,1-3H3,(H,18,19). The number of aliphatic carboxylic acids is 1. The second kappa shape index (κ2) is 5.90. The van der Waals surface area contributed by atoms with E-state index in [0.717, 1.165) is 6.07 Å². The molecule has 0 aliphatic carbocycles. The normalized spacial score (nSPS) is 11.2. The van der Waals surface area contributed by atoms with Crippen molar-refractivity contribution in [2.24, 2.45) is 0 Å². The highest BCUT2D eigenvalue weighted by molar-refractivity contribution is 5.99. The second-order valence-electron chi connectivity index (χ2n) is 5.50. The first-order chi connectivity index (χ1) is 9.12. The lowest BCUT2D eigenvalue weighted by Crippen LogP contribution is -2.46. The van der Waals surface area contributed by atoms with E-state index in [9.17, 15) is 14.0 Å². The van der Waals surface area contributed by atoms with Crippen LogP contribution in [0.25, 0.3) is 0 Å². The quantitative estimate of drug-likeness (QED) is 0.829. The van der Waals surface area contributed by atoms with Crippen LogP contribution < -0.4 is 5.73 Å². The fourth-order valence-corrected chi connectivity index (χ4v) is 1.81. The number of carboxylic acids is 1. The summed E-state index contributed by atoms with van der Waals surface area (Å²) in [4.78, 5) is 24.5. The van der Waals surface area contributed by atoms with Gasteiger partial charge < -0.3 is 15.7 Å². The molecule has 0 aliphatic heterocycles. The van der Waals surface area contributed by atoms with Gasteiger partial charge in [-0.1, -0.05) is 0 Å². The third kappa shape index (κ3) is 3.94. The molecule has 6 heteroatoms. The highest BCUT2D eigenvalue weighted by atomic mass is 19.1. The minimum Gasteiger partial charge on any atom is -0.481 e. The third-order valence-electron chi connectivity index (χ3n) is 2.85. The van der Waals surface area contributed by atoms with Crippen LogP contribution in [0.15, 0.2) is 18.2 Å². The molecule has 20 heavy (non-hydrogen) atoms. The van der Waals surface area contributed by atoms with Crippen molar-refractivity contribution in [1.82, 2.24) is 4.90 Å². The van der Waals surface area contributed by atoms with Crippen LogP contribution in [0.2, 0.25) is 0 Å². The number of nitrogen functional groups attached to an aromatic ring is 1. The molecule has 0 radical (unpaired) electrons. The van der Waals surface area contributed by atoms with Gasteiger partial charge in [-0.05, 0) is 39.0 Å². The Hall–Kier alpha value is -2.11. The van der Waals surface area contributed by atoms with Gasteiger partial charge in [0.05, 0.1) is 12.0 Å². The van der Waals surface area contributed by atoms with Gasteiger partial charge >= 0.3 is 5.97 Å². The number of rotatable bonds is 4. The maximum absolute atomic E-state index is 13.3. The van der Waals surface area contributed by atoms with Gasteiger partial charge in [-0.15, -0.1) is 0 Å². The van der Waals surface area contributed by atoms with Crippen molar-refractivity contribution in [2.45, 2.75) is 32.7 Å². The van der Waals surface area contributed by atoms with E-state index >= 15 is 0 Å². The van der Waals surface area contributed by atoms with Crippen molar-refractivity contribution >= 4 is 17.6 Å². The van der Waals surface area contributed by atoms with Gasteiger partial charge in [0.25, 0.3) is 5.91 Å². The van der Waals surface area contributed by atoms with Crippen LogP contribution in [0.3, 0.4) is 0 Å². The lowest BCUT2D eigenvalue weighted by molar-refractivity contribution is -0.137. The number of hydrogen-bond donors (Lipinski definition) is 2. The summed E-state index contributed by atoms with van der Waals surface area (Å²) in [6.07, 6.45) is -0.182. The van der Waals surface area contributed by atoms with Crippen LogP contribution in [-0.2, 0) is 4.79 Å². The summed E-state index contributed by atoms with van der Waals surface area (Å²) in [5, 5.41) is 8.76. The van der Waals surface area contributed by atoms with Crippen molar-refractivity contribution in [2.75, 3.05) is 12.3 Å². The average molecular weight is 282 g/mol. The minimum atomic E-state index is -1.00. The predicted octanol–water partition coefficient (Wildman–Crippen LogP) is 2.12. The number of carbonyl (C=O) groups is 2. The molecule has 0 spiro atoms. The number of nitrogens with zero attached hydrogens (tertiary/aromatic N) is 1. The highest BCUT2D eigenvalue weighted by Gasteiger charge is 2.28. The Labute approximate surface area is 117 Å². The largest absolute Gasteiger partial charge is 0.481 e. The number of anilines is 1. The van der Waals surface area contributed by atoms with Gasteiger partial charge in [0, 0.05) is 17.8 Å². The van der Waals surface area contributed by atoms with Gasteiger partial charge in [0.1, 0.15) is 5.82 Å². The number of carbonyl (C=O) groups excluding carboxylic acids is 1. The molecule has 1 aromatic carbocycles. The lowest BCUT2D eigenvalue weighted by Gasteiger charge is -2.35. The van der Waals surface area contributed by atoms with Crippen LogP contribution in [-0.4, -0.2) is 34.0 Å². The molecule has 0 fully saturated rings. The number of hydrogen-bond acceptors (Lipinski definition) is 3. The summed E-state index contributed by atoms with van der Waals surface area (Å²) in [7, 11) is 0. The van der Waals surface area contributed by atoms with E-state index in [0.29, 0.717) is 0 Å². The van der Waals surface area contributed by atoms with Crippen molar-refractivity contribution in [3.63, 3.8) is 0 Å². The summed E-state index contributed by atoms with van der Waals surface area (Å²) in [6, 6.07) is 3.56. The van der Waals surface area contributed by atoms with Crippen molar-refractivity contribution in [3.8, 4) is 0 Å². The monoisotopic (exact) mass is 282 g/mol. The summed E-state index contributed by atoms with van der Waals surface area (Å²) < 4.78 is 13.3. The number of halogens is 1. The second-order valence-corrected chi connectivity index (χ2v) is 5.50. The fourth-order valence-electron chi connectivity index (χ4n) is 1.81. The average Bonchev–Trinajstić information content (AvgIpc) is 2.30. The predicted molar refractivity (Wildman–Crippen MR) is 73.9 cm³/mol. The molecule has 0 aliphatic rings. The summed E-state index contributed by atoms with van der Waals surface area (Å²) in [6.45, 7) is 5.38. The van der Waals surface area contributed by atoms with Crippen molar-refractivity contribution < 1.29 is 19.1 Å². The first-order valence-electron chi connectivity index (χ1n) is 6.21. The molecular weight excluding hydrogens is 263 g/mol. The summed E-state index contributed by atoms with van der Waals surface area (Å²) in [5.41, 5.74) is 5.32. The Morgan fingerprint density at radius 1 is 1.35 bits per heavy atom. The number of amides is 1. The van der Waals surface area contributed by atoms with Crippen LogP contribution in [0, 0.1) is 5.82 Å². The molecule has 0 heterocycles. The Balaban J connectivity index is 3.10. The molecular formula is C14H19FN2O3. The van der Waals surface area contributed by atoms with E-state index in [-0.39, 0.29) is 24.2 Å². The first-order valence-corrected chi connectivity index (χ1v) is 6.21. The van der Waals surface area contributed by atoms with Gasteiger partial charge in [-0.25, -0.2) is 4.39 Å². The topological polar surface area (TPSA) is 83.6 Å². The first kappa shape index (κ1) is 15.9. The van der Waals surface area contributed by atoms with E-state index in [1.54, 1.807) is 20.8 Å². The van der Waals surface area contributed by atoms with Crippen LogP contribution in [0.1, 0.15) is 37.6 Å². The van der Waals surface area contributed by atoms with E-state index in [1.165, 1.54) is 17.0 Å². The molecule has 0 bridgehead atoms. The summed E-state index contributed by atoms with van der Waals surface area (Å²) in [5.74, 6) is -2.04. The Bertz CT molecular complexity index is 524. The number of carboxylic acid groups (broad SMARTS) is 1. The Kier molecular flexibility index (Phi) is 4.70. The molecule has 5 nitrogen and oxygen atoms in total. The Morgan fingerprint density at radius 3 is 2.45 bits per heavy atom. The van der Waals surface area contributed by atoms with E-state index < -0.39 is 23.2 Å². The molecule has 0 atom stereocenters. The number of benzene rings is 1. The lowest BCUT2D eigenvalue weighted by atomic mass is 10.0. The van der Waals surface area contributed by atoms with Crippen molar-refractivity contribution in [3.05, 3.63) is 29.6 Å². The van der Waals surface area contributed by atoms with Gasteiger partial charge in [0.15, 0.2) is 0 Å². The SMILES string of the molecule is CC(C)(C)N(CCC(=O)O)C(=O)c1cc(F)ccc1N. The Morgan fingerprint density at radius 2 is 1.95 bits per heavy atom. The molecule has 110 valence electrons. The smallest absolute Gasteiger partial charge is 0.305 e. The maximum Gasteiger partial charge on any atom is 0.305 e. The van der Waals surface area contributed by atoms with E-state index in [2.05, 4.69) is 0 Å². The minimum absolute atomic E-state index is 0.0353. The van der Waals surface area contributed by atoms with Gasteiger partial charge in [-0.3, -0.25) is 9.59 Å². The highest BCUT2D eigenvalue weighted by Crippen LogP contribution is 2.22. The number of nitrogens with two attached hydrogens (primary N) is 1. The third-order valence-corrected chi connectivity index (χ3v) is 2.85. The molecule has 1 amide bonds. The van der Waals surface area contributed by atoms with Crippen LogP contribution in [0.4, 0.5) is 10.1 Å². The van der Waals surface area contributed by atoms with Crippen molar-refractivity contribution in [1.29, 1.82) is 0 Å². The molecule has 3 N–H and O–H groups in total. The van der Waals surface area contributed by atoms with Crippen LogP contribution in [0.5, 0.6) is 0 Å². The zero-order valence-corrected chi connectivity index (χ0v) is 11.8. The van der Waals surface area contributed by atoms with Gasteiger partial charge in [-0.2, -0.15) is 0 Å². The van der Waals surface area contributed by atoms with E-state index in [4.69, 9.17) is 10.8 Å². The maximum atomic E-state index is 13.3. The summed E-state index contributed by atoms with van der Waals surface area (Å²) >= 11 is 0. The fraction of sp³-hybridized carbons (Fsp3) is 0.429. The zero-order valence-electron chi connectivity index (χ0n) is 11.8. The molecule has 0 saturated carbocycles.